The Morgan fingerprint density at radius 2 is 1.96 bits per heavy atom. The Hall–Kier alpha value is -3.00. The maximum Gasteiger partial charge on any atom is 0.237 e. The van der Waals surface area contributed by atoms with E-state index in [4.69, 9.17) is 9.47 Å². The molecule has 7 nitrogen and oxygen atoms in total. The number of carbonyl (C=O) groups is 1. The summed E-state index contributed by atoms with van der Waals surface area (Å²) in [5, 5.41) is 11.8. The average molecular weight is 396 g/mol. The third kappa shape index (κ3) is 3.96. The summed E-state index contributed by atoms with van der Waals surface area (Å²) in [7, 11) is 1.92. The lowest BCUT2D eigenvalue weighted by atomic mass is 10.1. The van der Waals surface area contributed by atoms with Gasteiger partial charge in [0.25, 0.3) is 0 Å². The Morgan fingerprint density at radius 1 is 1.18 bits per heavy atom. The van der Waals surface area contributed by atoms with Crippen molar-refractivity contribution in [3.05, 3.63) is 59.9 Å². The van der Waals surface area contributed by atoms with E-state index in [-0.39, 0.29) is 18.0 Å². The number of ether oxygens (including phenoxy) is 2. The highest BCUT2D eigenvalue weighted by Gasteiger charge is 2.20. The Labute approximate surface area is 167 Å². The first-order valence-corrected chi connectivity index (χ1v) is 9.77. The van der Waals surface area contributed by atoms with Crippen LogP contribution in [0.5, 0.6) is 11.5 Å². The van der Waals surface area contributed by atoms with E-state index in [0.29, 0.717) is 28.8 Å². The van der Waals surface area contributed by atoms with Crippen molar-refractivity contribution >= 4 is 23.4 Å². The van der Waals surface area contributed by atoms with Crippen molar-refractivity contribution in [3.63, 3.8) is 0 Å². The van der Waals surface area contributed by atoms with E-state index < -0.39 is 0 Å². The number of benzene rings is 2. The van der Waals surface area contributed by atoms with Crippen LogP contribution < -0.4 is 14.8 Å². The van der Waals surface area contributed by atoms with Gasteiger partial charge in [0, 0.05) is 25.2 Å². The van der Waals surface area contributed by atoms with E-state index >= 15 is 0 Å². The maximum absolute atomic E-state index is 12.6. The quantitative estimate of drug-likeness (QED) is 0.645. The van der Waals surface area contributed by atoms with Gasteiger partial charge in [-0.1, -0.05) is 42.1 Å². The minimum absolute atomic E-state index is 0.114. The molecule has 28 heavy (non-hydrogen) atoms. The first-order chi connectivity index (χ1) is 13.6. The molecule has 3 aromatic rings. The molecular formula is C20H20N4O3S. The van der Waals surface area contributed by atoms with Crippen molar-refractivity contribution in [2.45, 2.75) is 23.8 Å². The molecule has 1 aliphatic heterocycles. The molecule has 1 aromatic heterocycles. The molecule has 0 bridgehead atoms. The van der Waals surface area contributed by atoms with Crippen LogP contribution in [0.25, 0.3) is 0 Å². The zero-order chi connectivity index (χ0) is 19.5. The van der Waals surface area contributed by atoms with Gasteiger partial charge in [0.1, 0.15) is 5.82 Å². The van der Waals surface area contributed by atoms with E-state index in [1.165, 1.54) is 17.3 Å². The molecule has 0 fully saturated rings. The summed E-state index contributed by atoms with van der Waals surface area (Å²) in [5.41, 5.74) is 1.84. The Kier molecular flexibility index (Phi) is 5.21. The molecule has 0 saturated carbocycles. The highest BCUT2D eigenvalue weighted by molar-refractivity contribution is 8.00. The number of nitrogens with zero attached hydrogens (tertiary/aromatic N) is 3. The van der Waals surface area contributed by atoms with Crippen molar-refractivity contribution in [2.75, 3.05) is 12.1 Å². The monoisotopic (exact) mass is 396 g/mol. The van der Waals surface area contributed by atoms with Crippen LogP contribution in [0, 0.1) is 0 Å². The van der Waals surface area contributed by atoms with Crippen LogP contribution in [0.15, 0.2) is 53.7 Å². The van der Waals surface area contributed by atoms with Crippen molar-refractivity contribution < 1.29 is 14.3 Å². The molecular weight excluding hydrogens is 376 g/mol. The largest absolute Gasteiger partial charge is 0.454 e. The molecule has 0 aliphatic carbocycles. The number of anilines is 1. The number of rotatable bonds is 6. The van der Waals surface area contributed by atoms with Gasteiger partial charge >= 0.3 is 0 Å². The van der Waals surface area contributed by atoms with Gasteiger partial charge in [-0.05, 0) is 24.6 Å². The van der Waals surface area contributed by atoms with Crippen molar-refractivity contribution in [2.24, 2.45) is 7.05 Å². The van der Waals surface area contributed by atoms with E-state index in [1.54, 1.807) is 18.2 Å². The van der Waals surface area contributed by atoms with E-state index in [1.807, 2.05) is 36.7 Å². The fourth-order valence-corrected chi connectivity index (χ4v) is 3.64. The predicted octanol–water partition coefficient (Wildman–Crippen LogP) is 3.25. The number of hydrogen-bond donors (Lipinski definition) is 1. The molecule has 144 valence electrons. The average Bonchev–Trinajstić information content (AvgIpc) is 3.30. The van der Waals surface area contributed by atoms with Gasteiger partial charge in [-0.3, -0.25) is 4.79 Å². The lowest BCUT2D eigenvalue weighted by molar-refractivity contribution is -0.115. The zero-order valence-corrected chi connectivity index (χ0v) is 16.4. The highest BCUT2D eigenvalue weighted by atomic mass is 32.2. The second kappa shape index (κ2) is 7.93. The number of fused-ring (bicyclic) bond motifs is 1. The SMILES string of the molecule is C[C@@H](Sc1nnc(Cc2ccccc2)n1C)C(=O)Nc1ccc2c(c1)OCO2. The Morgan fingerprint density at radius 3 is 2.79 bits per heavy atom. The second-order valence-electron chi connectivity index (χ2n) is 6.44. The number of aromatic nitrogens is 3. The zero-order valence-electron chi connectivity index (χ0n) is 15.6. The van der Waals surface area contributed by atoms with Gasteiger partial charge in [0.15, 0.2) is 16.7 Å². The van der Waals surface area contributed by atoms with Crippen LogP contribution >= 0.6 is 11.8 Å². The van der Waals surface area contributed by atoms with Gasteiger partial charge in [-0.15, -0.1) is 10.2 Å². The van der Waals surface area contributed by atoms with Crippen molar-refractivity contribution in [3.8, 4) is 11.5 Å². The molecule has 1 N–H and O–H groups in total. The topological polar surface area (TPSA) is 78.3 Å². The van der Waals surface area contributed by atoms with E-state index in [0.717, 1.165) is 5.82 Å². The van der Waals surface area contributed by atoms with Crippen LogP contribution in [-0.4, -0.2) is 32.7 Å². The standard InChI is InChI=1S/C20H20N4O3S/c1-13(19(25)21-15-8-9-16-17(11-15)27-12-26-16)28-20-23-22-18(24(20)2)10-14-6-4-3-5-7-14/h3-9,11,13H,10,12H2,1-2H3,(H,21,25)/t13-/m1/s1. The normalized spacial score (nSPS) is 13.4. The summed E-state index contributed by atoms with van der Waals surface area (Å²) in [6, 6.07) is 15.5. The van der Waals surface area contributed by atoms with Gasteiger partial charge in [0.2, 0.25) is 12.7 Å². The lowest BCUT2D eigenvalue weighted by Gasteiger charge is -2.12. The fourth-order valence-electron chi connectivity index (χ4n) is 2.81. The van der Waals surface area contributed by atoms with E-state index in [9.17, 15) is 4.79 Å². The Balaban J connectivity index is 1.39. The molecule has 2 heterocycles. The highest BCUT2D eigenvalue weighted by Crippen LogP contribution is 2.34. The maximum atomic E-state index is 12.6. The molecule has 0 unspecified atom stereocenters. The summed E-state index contributed by atoms with van der Waals surface area (Å²) in [6.07, 6.45) is 0.697. The third-order valence-corrected chi connectivity index (χ3v) is 5.56. The van der Waals surface area contributed by atoms with Crippen LogP contribution in [0.1, 0.15) is 18.3 Å². The number of amides is 1. The number of nitrogens with one attached hydrogen (secondary N) is 1. The minimum Gasteiger partial charge on any atom is -0.454 e. The second-order valence-corrected chi connectivity index (χ2v) is 7.75. The lowest BCUT2D eigenvalue weighted by Crippen LogP contribution is -2.22. The summed E-state index contributed by atoms with van der Waals surface area (Å²) in [5.74, 6) is 2.07. The van der Waals surface area contributed by atoms with Gasteiger partial charge in [-0.25, -0.2) is 0 Å². The molecule has 8 heteroatoms. The summed E-state index contributed by atoms with van der Waals surface area (Å²) < 4.78 is 12.6. The summed E-state index contributed by atoms with van der Waals surface area (Å²) >= 11 is 1.38. The summed E-state index contributed by atoms with van der Waals surface area (Å²) in [6.45, 7) is 2.05. The third-order valence-electron chi connectivity index (χ3n) is 4.42. The first kappa shape index (κ1) is 18.4. The molecule has 0 saturated heterocycles. The molecule has 2 aromatic carbocycles. The molecule has 0 radical (unpaired) electrons. The first-order valence-electron chi connectivity index (χ1n) is 8.89. The Bertz CT molecular complexity index is 990. The molecule has 1 aliphatic rings. The summed E-state index contributed by atoms with van der Waals surface area (Å²) in [4.78, 5) is 12.6. The van der Waals surface area contributed by atoms with Gasteiger partial charge < -0.3 is 19.4 Å². The van der Waals surface area contributed by atoms with Crippen molar-refractivity contribution in [1.82, 2.24) is 14.8 Å². The minimum atomic E-state index is -0.335. The van der Waals surface area contributed by atoms with Crippen LogP contribution in [-0.2, 0) is 18.3 Å². The van der Waals surface area contributed by atoms with Gasteiger partial charge in [-0.2, -0.15) is 0 Å². The number of carbonyl (C=O) groups excluding carboxylic acids is 1. The predicted molar refractivity (Wildman–Crippen MR) is 107 cm³/mol. The van der Waals surface area contributed by atoms with Crippen LogP contribution in [0.4, 0.5) is 5.69 Å². The fraction of sp³-hybridized carbons (Fsp3) is 0.250. The van der Waals surface area contributed by atoms with Crippen LogP contribution in [0.3, 0.4) is 0 Å². The van der Waals surface area contributed by atoms with Crippen molar-refractivity contribution in [1.29, 1.82) is 0 Å². The molecule has 1 amide bonds. The van der Waals surface area contributed by atoms with E-state index in [2.05, 4.69) is 27.6 Å². The number of hydrogen-bond acceptors (Lipinski definition) is 6. The van der Waals surface area contributed by atoms with Crippen LogP contribution in [0.2, 0.25) is 0 Å². The van der Waals surface area contributed by atoms with Gasteiger partial charge in [0.05, 0.1) is 5.25 Å². The molecule has 0 spiro atoms. The molecule has 4 rings (SSSR count). The smallest absolute Gasteiger partial charge is 0.237 e. The number of thioether (sulfide) groups is 1. The molecule has 1 atom stereocenters.